The molecular formula is C22H29N5O. The normalized spacial score (nSPS) is 16.7. The molecule has 1 aromatic heterocycles. The van der Waals surface area contributed by atoms with Crippen molar-refractivity contribution in [3.05, 3.63) is 53.7 Å². The zero-order valence-corrected chi connectivity index (χ0v) is 16.6. The number of aliphatic imine (C=N–C) groups is 1. The van der Waals surface area contributed by atoms with Crippen LogP contribution >= 0.6 is 0 Å². The Morgan fingerprint density at radius 3 is 2.86 bits per heavy atom. The van der Waals surface area contributed by atoms with Gasteiger partial charge in [0.05, 0.1) is 6.61 Å². The average molecular weight is 380 g/mol. The fraction of sp³-hybridized carbons (Fsp3) is 0.455. The molecular weight excluding hydrogens is 350 g/mol. The molecule has 1 aromatic carbocycles. The number of piperazine rings is 1. The van der Waals surface area contributed by atoms with Gasteiger partial charge in [0.25, 0.3) is 0 Å². The average Bonchev–Trinajstić information content (AvgIpc) is 3.22. The lowest BCUT2D eigenvalue weighted by Crippen LogP contribution is -2.52. The lowest BCUT2D eigenvalue weighted by Gasteiger charge is -2.37. The summed E-state index contributed by atoms with van der Waals surface area (Å²) in [6.45, 7) is 8.46. The fourth-order valence-electron chi connectivity index (χ4n) is 3.80. The van der Waals surface area contributed by atoms with Crippen LogP contribution in [0, 0.1) is 0 Å². The Hall–Kier alpha value is -2.76. The lowest BCUT2D eigenvalue weighted by molar-refractivity contribution is 0.357. The molecule has 6 nitrogen and oxygen atoms in total. The Labute approximate surface area is 167 Å². The van der Waals surface area contributed by atoms with E-state index in [1.54, 1.807) is 0 Å². The van der Waals surface area contributed by atoms with Gasteiger partial charge in [-0.25, -0.2) is 4.98 Å². The molecule has 4 rings (SSSR count). The zero-order chi connectivity index (χ0) is 19.2. The number of hydrogen-bond donors (Lipinski definition) is 1. The van der Waals surface area contributed by atoms with Crippen molar-refractivity contribution in [1.82, 2.24) is 15.2 Å². The van der Waals surface area contributed by atoms with Crippen molar-refractivity contribution in [2.75, 3.05) is 50.8 Å². The standard InChI is InChI=1S/C22H29N5O/c1-2-23-22(25-11-8-18-6-7-20-19(17-18)9-16-28-20)27-14-12-26(13-15-27)21-5-3-4-10-24-21/h3-7,10,17H,2,8-9,11-16H2,1H3,(H,23,25). The minimum Gasteiger partial charge on any atom is -0.493 e. The number of fused-ring (bicyclic) bond motifs is 1. The molecule has 2 aliphatic heterocycles. The number of ether oxygens (including phenoxy) is 1. The molecule has 28 heavy (non-hydrogen) atoms. The van der Waals surface area contributed by atoms with E-state index in [4.69, 9.17) is 9.73 Å². The van der Waals surface area contributed by atoms with Gasteiger partial charge in [-0.2, -0.15) is 0 Å². The number of pyridine rings is 1. The van der Waals surface area contributed by atoms with Gasteiger partial charge >= 0.3 is 0 Å². The molecule has 6 heteroatoms. The van der Waals surface area contributed by atoms with Crippen LogP contribution in [-0.4, -0.2) is 61.7 Å². The van der Waals surface area contributed by atoms with Gasteiger partial charge in [-0.05, 0) is 42.7 Å². The molecule has 1 fully saturated rings. The monoisotopic (exact) mass is 379 g/mol. The number of hydrogen-bond acceptors (Lipinski definition) is 4. The Morgan fingerprint density at radius 2 is 2.07 bits per heavy atom. The molecule has 1 saturated heterocycles. The van der Waals surface area contributed by atoms with E-state index in [1.807, 2.05) is 18.3 Å². The summed E-state index contributed by atoms with van der Waals surface area (Å²) in [6.07, 6.45) is 3.84. The van der Waals surface area contributed by atoms with Gasteiger partial charge in [0.2, 0.25) is 0 Å². The third kappa shape index (κ3) is 4.38. The molecule has 148 valence electrons. The molecule has 0 unspecified atom stereocenters. The van der Waals surface area contributed by atoms with E-state index in [2.05, 4.69) is 51.3 Å². The van der Waals surface area contributed by atoms with Gasteiger partial charge in [-0.3, -0.25) is 4.99 Å². The molecule has 0 bridgehead atoms. The highest BCUT2D eigenvalue weighted by molar-refractivity contribution is 5.80. The second-order valence-electron chi connectivity index (χ2n) is 7.19. The molecule has 2 aromatic rings. The smallest absolute Gasteiger partial charge is 0.194 e. The van der Waals surface area contributed by atoms with Gasteiger partial charge in [-0.1, -0.05) is 18.2 Å². The number of nitrogens with zero attached hydrogens (tertiary/aromatic N) is 4. The van der Waals surface area contributed by atoms with Gasteiger partial charge in [0.1, 0.15) is 11.6 Å². The molecule has 0 saturated carbocycles. The van der Waals surface area contributed by atoms with Crippen molar-refractivity contribution in [1.29, 1.82) is 0 Å². The van der Waals surface area contributed by atoms with Gasteiger partial charge < -0.3 is 19.9 Å². The van der Waals surface area contributed by atoms with Crippen molar-refractivity contribution in [3.63, 3.8) is 0 Å². The summed E-state index contributed by atoms with van der Waals surface area (Å²) < 4.78 is 5.60. The largest absolute Gasteiger partial charge is 0.493 e. The molecule has 0 spiro atoms. The summed E-state index contributed by atoms with van der Waals surface area (Å²) in [7, 11) is 0. The maximum atomic E-state index is 5.60. The predicted octanol–water partition coefficient (Wildman–Crippen LogP) is 2.35. The molecule has 2 aliphatic rings. The van der Waals surface area contributed by atoms with Crippen molar-refractivity contribution in [2.24, 2.45) is 4.99 Å². The van der Waals surface area contributed by atoms with Gasteiger partial charge in [0.15, 0.2) is 5.96 Å². The summed E-state index contributed by atoms with van der Waals surface area (Å²) in [5, 5.41) is 3.46. The Morgan fingerprint density at radius 1 is 1.18 bits per heavy atom. The summed E-state index contributed by atoms with van der Waals surface area (Å²) >= 11 is 0. The second kappa shape index (κ2) is 8.95. The van der Waals surface area contributed by atoms with Crippen LogP contribution in [0.5, 0.6) is 5.75 Å². The molecule has 0 atom stereocenters. The van der Waals surface area contributed by atoms with Crippen molar-refractivity contribution >= 4 is 11.8 Å². The number of rotatable bonds is 5. The van der Waals surface area contributed by atoms with Crippen LogP contribution in [0.15, 0.2) is 47.6 Å². The van der Waals surface area contributed by atoms with E-state index >= 15 is 0 Å². The summed E-state index contributed by atoms with van der Waals surface area (Å²) in [5.74, 6) is 3.13. The lowest BCUT2D eigenvalue weighted by atomic mass is 10.1. The predicted molar refractivity (Wildman–Crippen MR) is 113 cm³/mol. The van der Waals surface area contributed by atoms with Crippen LogP contribution in [0.25, 0.3) is 0 Å². The molecule has 0 amide bonds. The van der Waals surface area contributed by atoms with E-state index in [0.29, 0.717) is 0 Å². The number of aromatic nitrogens is 1. The van der Waals surface area contributed by atoms with E-state index in [-0.39, 0.29) is 0 Å². The second-order valence-corrected chi connectivity index (χ2v) is 7.19. The maximum Gasteiger partial charge on any atom is 0.194 e. The zero-order valence-electron chi connectivity index (χ0n) is 16.6. The molecule has 0 aliphatic carbocycles. The van der Waals surface area contributed by atoms with Gasteiger partial charge in [-0.15, -0.1) is 0 Å². The van der Waals surface area contributed by atoms with E-state index in [0.717, 1.165) is 76.2 Å². The Bertz CT molecular complexity index is 800. The molecule has 1 N–H and O–H groups in total. The van der Waals surface area contributed by atoms with Crippen LogP contribution in [-0.2, 0) is 12.8 Å². The SMILES string of the molecule is CCNC(=NCCc1ccc2c(c1)CCO2)N1CCN(c2ccccn2)CC1. The third-order valence-corrected chi connectivity index (χ3v) is 5.30. The van der Waals surface area contributed by atoms with E-state index < -0.39 is 0 Å². The minimum atomic E-state index is 0.794. The first-order chi connectivity index (χ1) is 13.8. The number of benzene rings is 1. The van der Waals surface area contributed by atoms with Gasteiger partial charge in [0, 0.05) is 51.9 Å². The summed E-state index contributed by atoms with van der Waals surface area (Å²) in [6, 6.07) is 12.6. The van der Waals surface area contributed by atoms with Crippen molar-refractivity contribution in [2.45, 2.75) is 19.8 Å². The maximum absolute atomic E-state index is 5.60. The summed E-state index contributed by atoms with van der Waals surface area (Å²) in [4.78, 5) is 14.1. The highest BCUT2D eigenvalue weighted by Gasteiger charge is 2.20. The third-order valence-electron chi connectivity index (χ3n) is 5.30. The summed E-state index contributed by atoms with van der Waals surface area (Å²) in [5.41, 5.74) is 2.67. The van der Waals surface area contributed by atoms with E-state index in [1.165, 1.54) is 11.1 Å². The number of anilines is 1. The fourth-order valence-corrected chi connectivity index (χ4v) is 3.80. The first-order valence-electron chi connectivity index (χ1n) is 10.3. The van der Waals surface area contributed by atoms with Crippen LogP contribution < -0.4 is 15.0 Å². The van der Waals surface area contributed by atoms with Crippen LogP contribution in [0.4, 0.5) is 5.82 Å². The van der Waals surface area contributed by atoms with Crippen LogP contribution in [0.2, 0.25) is 0 Å². The molecule has 3 heterocycles. The Kier molecular flexibility index (Phi) is 5.95. The van der Waals surface area contributed by atoms with Crippen LogP contribution in [0.1, 0.15) is 18.1 Å². The minimum absolute atomic E-state index is 0.794. The number of nitrogens with one attached hydrogen (secondary N) is 1. The van der Waals surface area contributed by atoms with Crippen molar-refractivity contribution in [3.8, 4) is 5.75 Å². The quantitative estimate of drug-likeness (QED) is 0.638. The Balaban J connectivity index is 1.33. The van der Waals surface area contributed by atoms with E-state index in [9.17, 15) is 0 Å². The first kappa shape index (κ1) is 18.6. The van der Waals surface area contributed by atoms with Crippen molar-refractivity contribution < 1.29 is 4.74 Å². The first-order valence-corrected chi connectivity index (χ1v) is 10.3. The highest BCUT2D eigenvalue weighted by atomic mass is 16.5. The number of guanidine groups is 1. The highest BCUT2D eigenvalue weighted by Crippen LogP contribution is 2.26. The van der Waals surface area contributed by atoms with Crippen LogP contribution in [0.3, 0.4) is 0 Å². The molecule has 0 radical (unpaired) electrons. The topological polar surface area (TPSA) is 53.0 Å².